The van der Waals surface area contributed by atoms with Gasteiger partial charge in [-0.3, -0.25) is 9.59 Å². The van der Waals surface area contributed by atoms with Gasteiger partial charge in [-0.15, -0.1) is 11.8 Å². The van der Waals surface area contributed by atoms with Gasteiger partial charge >= 0.3 is 0 Å². The largest absolute Gasteiger partial charge is 0.360 e. The second-order valence-corrected chi connectivity index (χ2v) is 7.56. The molecule has 1 unspecified atom stereocenters. The molecule has 134 valence electrons. The summed E-state index contributed by atoms with van der Waals surface area (Å²) in [6, 6.07) is 9.68. The van der Waals surface area contributed by atoms with Crippen molar-refractivity contribution in [1.82, 2.24) is 10.5 Å². The molecule has 0 spiro atoms. The van der Waals surface area contributed by atoms with Crippen LogP contribution in [0.4, 0.5) is 5.82 Å². The van der Waals surface area contributed by atoms with Crippen molar-refractivity contribution in [2.24, 2.45) is 0 Å². The molecule has 6 nitrogen and oxygen atoms in total. The first-order valence-electron chi connectivity index (χ1n) is 7.77. The summed E-state index contributed by atoms with van der Waals surface area (Å²) >= 11 is 4.66. The highest BCUT2D eigenvalue weighted by atomic mass is 79.9. The fraction of sp³-hybridized carbons (Fsp3) is 0.353. The number of carbonyl (C=O) groups is 2. The lowest BCUT2D eigenvalue weighted by molar-refractivity contribution is -0.119. The molecule has 0 saturated carbocycles. The van der Waals surface area contributed by atoms with E-state index in [1.54, 1.807) is 13.0 Å². The third kappa shape index (κ3) is 7.31. The number of hydrogen-bond acceptors (Lipinski definition) is 5. The summed E-state index contributed by atoms with van der Waals surface area (Å²) in [5.74, 6) is 1.13. The van der Waals surface area contributed by atoms with E-state index in [1.807, 2.05) is 31.2 Å². The van der Waals surface area contributed by atoms with Gasteiger partial charge in [0, 0.05) is 16.6 Å². The highest BCUT2D eigenvalue weighted by Gasteiger charge is 2.11. The smallest absolute Gasteiger partial charge is 0.235 e. The van der Waals surface area contributed by atoms with E-state index in [0.29, 0.717) is 11.6 Å². The van der Waals surface area contributed by atoms with Gasteiger partial charge in [0.2, 0.25) is 11.8 Å². The molecule has 2 aromatic rings. The van der Waals surface area contributed by atoms with Crippen LogP contribution in [0, 0.1) is 6.92 Å². The van der Waals surface area contributed by atoms with Crippen molar-refractivity contribution in [2.45, 2.75) is 26.3 Å². The van der Waals surface area contributed by atoms with E-state index >= 15 is 0 Å². The maximum Gasteiger partial charge on any atom is 0.235 e. The minimum Gasteiger partial charge on any atom is -0.360 e. The second-order valence-electron chi connectivity index (χ2n) is 5.66. The average Bonchev–Trinajstić information content (AvgIpc) is 2.94. The number of halogens is 1. The number of thioether (sulfide) groups is 1. The summed E-state index contributed by atoms with van der Waals surface area (Å²) in [6.45, 7) is 3.71. The molecule has 0 aliphatic rings. The molecule has 0 radical (unpaired) electrons. The molecule has 0 saturated heterocycles. The van der Waals surface area contributed by atoms with Crippen molar-refractivity contribution < 1.29 is 14.1 Å². The Kier molecular flexibility index (Phi) is 7.52. The SMILES string of the molecule is Cc1cc(NC(=O)CSCC(=O)NC(C)Cc2ccc(Br)cc2)no1. The summed E-state index contributed by atoms with van der Waals surface area (Å²) in [5, 5.41) is 9.24. The van der Waals surface area contributed by atoms with Crippen molar-refractivity contribution in [2.75, 3.05) is 16.8 Å². The summed E-state index contributed by atoms with van der Waals surface area (Å²) in [4.78, 5) is 23.7. The minimum atomic E-state index is -0.214. The Morgan fingerprint density at radius 3 is 2.56 bits per heavy atom. The molecule has 0 aliphatic carbocycles. The standard InChI is InChI=1S/C17H20BrN3O3S/c1-11(7-13-3-5-14(18)6-4-13)19-16(22)9-25-10-17(23)20-15-8-12(2)24-21-15/h3-6,8,11H,7,9-10H2,1-2H3,(H,19,22)(H,20,21,23). The molecule has 2 rings (SSSR count). The van der Waals surface area contributed by atoms with Crippen LogP contribution in [0.25, 0.3) is 0 Å². The van der Waals surface area contributed by atoms with Crippen LogP contribution in [-0.2, 0) is 16.0 Å². The molecule has 25 heavy (non-hydrogen) atoms. The van der Waals surface area contributed by atoms with E-state index in [-0.39, 0.29) is 29.4 Å². The first-order chi connectivity index (χ1) is 11.9. The number of nitrogens with zero attached hydrogens (tertiary/aromatic N) is 1. The fourth-order valence-corrected chi connectivity index (χ4v) is 3.07. The quantitative estimate of drug-likeness (QED) is 0.678. The van der Waals surface area contributed by atoms with Crippen LogP contribution in [0.3, 0.4) is 0 Å². The van der Waals surface area contributed by atoms with Gasteiger partial charge in [0.15, 0.2) is 5.82 Å². The maximum atomic E-state index is 11.9. The summed E-state index contributed by atoms with van der Waals surface area (Å²) in [5.41, 5.74) is 1.16. The Labute approximate surface area is 159 Å². The van der Waals surface area contributed by atoms with E-state index in [4.69, 9.17) is 4.52 Å². The number of nitrogens with one attached hydrogen (secondary N) is 2. The monoisotopic (exact) mass is 425 g/mol. The highest BCUT2D eigenvalue weighted by molar-refractivity contribution is 9.10. The molecule has 0 bridgehead atoms. The summed E-state index contributed by atoms with van der Waals surface area (Å²) in [6.07, 6.45) is 0.760. The zero-order chi connectivity index (χ0) is 18.2. The van der Waals surface area contributed by atoms with Crippen molar-refractivity contribution in [1.29, 1.82) is 0 Å². The lowest BCUT2D eigenvalue weighted by Gasteiger charge is -2.14. The molecule has 2 N–H and O–H groups in total. The van der Waals surface area contributed by atoms with Crippen molar-refractivity contribution >= 4 is 45.3 Å². The number of carbonyl (C=O) groups excluding carboxylic acids is 2. The first kappa shape index (κ1) is 19.5. The lowest BCUT2D eigenvalue weighted by atomic mass is 10.1. The molecule has 2 amide bonds. The maximum absolute atomic E-state index is 11.9. The van der Waals surface area contributed by atoms with Gasteiger partial charge in [0.1, 0.15) is 5.76 Å². The van der Waals surface area contributed by atoms with E-state index < -0.39 is 0 Å². The average molecular weight is 426 g/mol. The molecular formula is C17H20BrN3O3S. The number of aryl methyl sites for hydroxylation is 1. The Morgan fingerprint density at radius 2 is 1.92 bits per heavy atom. The molecule has 1 aromatic carbocycles. The van der Waals surface area contributed by atoms with E-state index in [9.17, 15) is 9.59 Å². The van der Waals surface area contributed by atoms with Gasteiger partial charge in [-0.05, 0) is 38.0 Å². The zero-order valence-electron chi connectivity index (χ0n) is 14.0. The first-order valence-corrected chi connectivity index (χ1v) is 9.72. The molecule has 0 fully saturated rings. The highest BCUT2D eigenvalue weighted by Crippen LogP contribution is 2.12. The fourth-order valence-electron chi connectivity index (χ4n) is 2.18. The normalized spacial score (nSPS) is 11.8. The van der Waals surface area contributed by atoms with Gasteiger partial charge < -0.3 is 15.2 Å². The van der Waals surface area contributed by atoms with Gasteiger partial charge in [0.05, 0.1) is 11.5 Å². The van der Waals surface area contributed by atoms with Gasteiger partial charge in [0.25, 0.3) is 0 Å². The number of anilines is 1. The van der Waals surface area contributed by atoms with Crippen LogP contribution >= 0.6 is 27.7 Å². The van der Waals surface area contributed by atoms with Crippen LogP contribution in [0.1, 0.15) is 18.2 Å². The molecule has 1 atom stereocenters. The van der Waals surface area contributed by atoms with Crippen LogP contribution in [0.15, 0.2) is 39.3 Å². The van der Waals surface area contributed by atoms with E-state index in [0.717, 1.165) is 16.5 Å². The third-order valence-electron chi connectivity index (χ3n) is 3.22. The lowest BCUT2D eigenvalue weighted by Crippen LogP contribution is -2.35. The molecule has 8 heteroatoms. The second kappa shape index (κ2) is 9.62. The van der Waals surface area contributed by atoms with Gasteiger partial charge in [-0.1, -0.05) is 33.2 Å². The van der Waals surface area contributed by atoms with Gasteiger partial charge in [-0.2, -0.15) is 0 Å². The van der Waals surface area contributed by atoms with Crippen LogP contribution in [0.2, 0.25) is 0 Å². The molecular weight excluding hydrogens is 406 g/mol. The number of hydrogen-bond donors (Lipinski definition) is 2. The predicted molar refractivity (Wildman–Crippen MR) is 103 cm³/mol. The van der Waals surface area contributed by atoms with Crippen molar-refractivity contribution in [3.05, 3.63) is 46.1 Å². The Morgan fingerprint density at radius 1 is 1.24 bits per heavy atom. The predicted octanol–water partition coefficient (Wildman–Crippen LogP) is 3.16. The van der Waals surface area contributed by atoms with Crippen molar-refractivity contribution in [3.63, 3.8) is 0 Å². The number of rotatable bonds is 8. The van der Waals surface area contributed by atoms with Crippen LogP contribution < -0.4 is 10.6 Å². The number of benzene rings is 1. The molecule has 1 aromatic heterocycles. The Balaban J connectivity index is 1.64. The van der Waals surface area contributed by atoms with Crippen LogP contribution in [-0.4, -0.2) is 34.5 Å². The van der Waals surface area contributed by atoms with Gasteiger partial charge in [-0.25, -0.2) is 0 Å². The minimum absolute atomic E-state index is 0.0289. The summed E-state index contributed by atoms with van der Waals surface area (Å²) in [7, 11) is 0. The summed E-state index contributed by atoms with van der Waals surface area (Å²) < 4.78 is 5.90. The van der Waals surface area contributed by atoms with Crippen molar-refractivity contribution in [3.8, 4) is 0 Å². The molecule has 0 aliphatic heterocycles. The van der Waals surface area contributed by atoms with Crippen LogP contribution in [0.5, 0.6) is 0 Å². The topological polar surface area (TPSA) is 84.2 Å². The Bertz CT molecular complexity index is 718. The third-order valence-corrected chi connectivity index (χ3v) is 4.69. The van der Waals surface area contributed by atoms with E-state index in [2.05, 4.69) is 31.7 Å². The van der Waals surface area contributed by atoms with E-state index in [1.165, 1.54) is 11.8 Å². The molecule has 1 heterocycles. The number of amides is 2. The Hall–Kier alpha value is -1.80. The number of aromatic nitrogens is 1. The zero-order valence-corrected chi connectivity index (χ0v) is 16.4.